The lowest BCUT2D eigenvalue weighted by atomic mass is 10.1. The lowest BCUT2D eigenvalue weighted by Crippen LogP contribution is -2.50. The molecule has 12 nitrogen and oxygen atoms in total. The van der Waals surface area contributed by atoms with Gasteiger partial charge in [0.25, 0.3) is 0 Å². The number of carbonyl (C=O) groups is 2. The summed E-state index contributed by atoms with van der Waals surface area (Å²) in [6.45, 7) is 0.673. The van der Waals surface area contributed by atoms with E-state index in [1.165, 1.54) is 0 Å². The molecule has 2 rings (SSSR count). The van der Waals surface area contributed by atoms with Crippen molar-refractivity contribution in [1.29, 1.82) is 0 Å². The molecule has 2 aromatic carbocycles. The van der Waals surface area contributed by atoms with Gasteiger partial charge in [-0.1, -0.05) is 24.3 Å². The van der Waals surface area contributed by atoms with Crippen molar-refractivity contribution >= 4 is 40.2 Å². The fourth-order valence-electron chi connectivity index (χ4n) is 3.45. The largest absolute Gasteiger partial charge is 0.496 e. The van der Waals surface area contributed by atoms with Gasteiger partial charge >= 0.3 is 0 Å². The van der Waals surface area contributed by atoms with Gasteiger partial charge in [0.05, 0.1) is 13.2 Å². The fraction of sp³-hybridized carbons (Fsp3) is 0.391. The summed E-state index contributed by atoms with van der Waals surface area (Å²) < 4.78 is 5.47. The first-order valence-electron chi connectivity index (χ1n) is 11.3. The van der Waals surface area contributed by atoms with E-state index in [1.54, 1.807) is 13.2 Å². The first kappa shape index (κ1) is 27.2. The third-order valence-electron chi connectivity index (χ3n) is 5.19. The van der Waals surface area contributed by atoms with E-state index >= 15 is 0 Å². The van der Waals surface area contributed by atoms with Gasteiger partial charge in [-0.3, -0.25) is 19.6 Å². The molecule has 0 spiro atoms. The highest BCUT2D eigenvalue weighted by molar-refractivity contribution is 6.00. The van der Waals surface area contributed by atoms with Crippen molar-refractivity contribution in [3.05, 3.63) is 36.4 Å². The van der Waals surface area contributed by atoms with E-state index in [4.69, 9.17) is 33.4 Å². The molecule has 0 unspecified atom stereocenters. The van der Waals surface area contributed by atoms with E-state index < -0.39 is 23.9 Å². The van der Waals surface area contributed by atoms with E-state index in [0.717, 1.165) is 10.8 Å². The molecule has 12 N–H and O–H groups in total. The monoisotopic (exact) mass is 485 g/mol. The Balaban J connectivity index is 2.11. The van der Waals surface area contributed by atoms with Crippen molar-refractivity contribution in [2.75, 3.05) is 25.5 Å². The highest BCUT2D eigenvalue weighted by Crippen LogP contribution is 2.29. The molecule has 0 fully saturated rings. The highest BCUT2D eigenvalue weighted by atomic mass is 16.5. The van der Waals surface area contributed by atoms with Crippen LogP contribution in [0.15, 0.2) is 46.4 Å². The van der Waals surface area contributed by atoms with Crippen LogP contribution in [-0.2, 0) is 9.59 Å². The summed E-state index contributed by atoms with van der Waals surface area (Å²) in [5.41, 5.74) is 27.9. The first-order valence-corrected chi connectivity index (χ1v) is 11.3. The number of amides is 2. The number of nitrogens with one attached hydrogen (secondary N) is 2. The summed E-state index contributed by atoms with van der Waals surface area (Å²) in [4.78, 5) is 33.6. The smallest absolute Gasteiger partial charge is 0.246 e. The number of rotatable bonds is 13. The number of anilines is 1. The van der Waals surface area contributed by atoms with Crippen LogP contribution in [0.2, 0.25) is 0 Å². The molecular formula is C23H35N9O3. The molecule has 0 saturated heterocycles. The molecule has 12 heteroatoms. The molecule has 2 atom stereocenters. The van der Waals surface area contributed by atoms with Crippen LogP contribution in [0.5, 0.6) is 5.75 Å². The maximum atomic E-state index is 13.1. The van der Waals surface area contributed by atoms with Crippen LogP contribution < -0.4 is 44.0 Å². The van der Waals surface area contributed by atoms with Gasteiger partial charge < -0.3 is 44.0 Å². The number of methoxy groups -OCH3 is 1. The third kappa shape index (κ3) is 9.01. The SMILES string of the molecule is COc1cc(NC(=O)[C@H](CCCN=C(N)N)NC(=O)[C@@H](N)CCCN=C(N)N)cc2ccccc12. The summed E-state index contributed by atoms with van der Waals surface area (Å²) in [6.07, 6.45) is 1.65. The van der Waals surface area contributed by atoms with Crippen molar-refractivity contribution in [2.45, 2.75) is 37.8 Å². The number of nitrogens with two attached hydrogens (primary N) is 5. The molecular weight excluding hydrogens is 450 g/mol. The van der Waals surface area contributed by atoms with Crippen LogP contribution in [0.3, 0.4) is 0 Å². The van der Waals surface area contributed by atoms with Gasteiger partial charge in [-0.05, 0) is 37.1 Å². The highest BCUT2D eigenvalue weighted by Gasteiger charge is 2.24. The van der Waals surface area contributed by atoms with Crippen molar-refractivity contribution in [3.8, 4) is 5.75 Å². The number of guanidine groups is 2. The number of fused-ring (bicyclic) bond motifs is 1. The van der Waals surface area contributed by atoms with Crippen LogP contribution >= 0.6 is 0 Å². The Morgan fingerprint density at radius 3 is 2.20 bits per heavy atom. The summed E-state index contributed by atoms with van der Waals surface area (Å²) in [6, 6.07) is 9.55. The Morgan fingerprint density at radius 1 is 0.943 bits per heavy atom. The number of aliphatic imine (C=N–C) groups is 2. The summed E-state index contributed by atoms with van der Waals surface area (Å²) >= 11 is 0. The van der Waals surface area contributed by atoms with Crippen LogP contribution in [0.4, 0.5) is 5.69 Å². The van der Waals surface area contributed by atoms with Crippen molar-refractivity contribution in [3.63, 3.8) is 0 Å². The van der Waals surface area contributed by atoms with Crippen molar-refractivity contribution in [1.82, 2.24) is 5.32 Å². The molecule has 35 heavy (non-hydrogen) atoms. The summed E-state index contributed by atoms with van der Waals surface area (Å²) in [7, 11) is 1.56. The second-order valence-corrected chi connectivity index (χ2v) is 7.95. The zero-order valence-corrected chi connectivity index (χ0v) is 19.9. The molecule has 2 amide bonds. The Morgan fingerprint density at radius 2 is 1.57 bits per heavy atom. The van der Waals surface area contributed by atoms with Crippen molar-refractivity contribution in [2.24, 2.45) is 38.7 Å². The van der Waals surface area contributed by atoms with E-state index in [1.807, 2.05) is 30.3 Å². The normalized spacial score (nSPS) is 12.3. The van der Waals surface area contributed by atoms with Gasteiger partial charge in [0, 0.05) is 30.2 Å². The molecule has 0 radical (unpaired) electrons. The lowest BCUT2D eigenvalue weighted by molar-refractivity contribution is -0.127. The van der Waals surface area contributed by atoms with Crippen LogP contribution in [0, 0.1) is 0 Å². The van der Waals surface area contributed by atoms with Gasteiger partial charge in [-0.15, -0.1) is 0 Å². The minimum atomic E-state index is -0.849. The second kappa shape index (κ2) is 13.6. The van der Waals surface area contributed by atoms with Gasteiger partial charge in [0.2, 0.25) is 11.8 Å². The topological polar surface area (TPSA) is 222 Å². The minimum absolute atomic E-state index is 0.0224. The third-order valence-corrected chi connectivity index (χ3v) is 5.19. The molecule has 0 saturated carbocycles. The van der Waals surface area contributed by atoms with Gasteiger partial charge in [-0.25, -0.2) is 0 Å². The Bertz CT molecular complexity index is 1060. The van der Waals surface area contributed by atoms with Crippen molar-refractivity contribution < 1.29 is 14.3 Å². The molecule has 190 valence electrons. The van der Waals surface area contributed by atoms with Gasteiger partial charge in [0.15, 0.2) is 11.9 Å². The van der Waals surface area contributed by atoms with Crippen LogP contribution in [0.1, 0.15) is 25.7 Å². The molecule has 0 aromatic heterocycles. The zero-order valence-electron chi connectivity index (χ0n) is 19.9. The molecule has 0 aliphatic rings. The van der Waals surface area contributed by atoms with Gasteiger partial charge in [-0.2, -0.15) is 0 Å². The predicted octanol–water partition coefficient (Wildman–Crippen LogP) is -0.294. The maximum absolute atomic E-state index is 13.1. The fourth-order valence-corrected chi connectivity index (χ4v) is 3.45. The van der Waals surface area contributed by atoms with Crippen LogP contribution in [-0.4, -0.2) is 56.0 Å². The molecule has 0 bridgehead atoms. The lowest BCUT2D eigenvalue weighted by Gasteiger charge is -2.21. The predicted molar refractivity (Wildman–Crippen MR) is 139 cm³/mol. The Hall–Kier alpha value is -4.06. The molecule has 0 heterocycles. The Kier molecular flexibility index (Phi) is 10.6. The van der Waals surface area contributed by atoms with E-state index in [2.05, 4.69) is 20.6 Å². The van der Waals surface area contributed by atoms with E-state index in [-0.39, 0.29) is 11.9 Å². The minimum Gasteiger partial charge on any atom is -0.496 e. The average Bonchev–Trinajstić information content (AvgIpc) is 2.82. The number of hydrogen-bond donors (Lipinski definition) is 7. The average molecular weight is 486 g/mol. The number of benzene rings is 2. The number of hydrogen-bond acceptors (Lipinski definition) is 6. The molecule has 0 aliphatic heterocycles. The standard InChI is InChI=1S/C23H35N9O3/c1-35-19-13-15(12-14-6-2-3-7-16(14)19)31-21(34)18(9-5-11-30-23(27)28)32-20(33)17(24)8-4-10-29-22(25)26/h2-3,6-7,12-13,17-18H,4-5,8-11,24H2,1H3,(H,31,34)(H,32,33)(H4,25,26,29)(H4,27,28,30)/t17-,18-/m0/s1. The molecule has 2 aromatic rings. The van der Waals surface area contributed by atoms with Gasteiger partial charge in [0.1, 0.15) is 11.8 Å². The number of carbonyl (C=O) groups excluding carboxylic acids is 2. The zero-order chi connectivity index (χ0) is 25.8. The van der Waals surface area contributed by atoms with Crippen LogP contribution in [0.25, 0.3) is 10.8 Å². The quantitative estimate of drug-likeness (QED) is 0.113. The summed E-state index contributed by atoms with van der Waals surface area (Å²) in [5, 5.41) is 7.42. The van der Waals surface area contributed by atoms with E-state index in [9.17, 15) is 9.59 Å². The first-order chi connectivity index (χ1) is 16.7. The maximum Gasteiger partial charge on any atom is 0.246 e. The Labute approximate surface area is 204 Å². The summed E-state index contributed by atoms with van der Waals surface area (Å²) in [5.74, 6) is -0.289. The number of ether oxygens (including phenoxy) is 1. The number of nitrogens with zero attached hydrogens (tertiary/aromatic N) is 2. The second-order valence-electron chi connectivity index (χ2n) is 7.95. The van der Waals surface area contributed by atoms with E-state index in [0.29, 0.717) is 50.2 Å². The molecule has 0 aliphatic carbocycles.